The molecule has 0 radical (unpaired) electrons. The number of rotatable bonds is 5. The summed E-state index contributed by atoms with van der Waals surface area (Å²) in [6.07, 6.45) is 3.32. The lowest BCUT2D eigenvalue weighted by Crippen LogP contribution is -2.55. The topological polar surface area (TPSA) is 40.1 Å². The second-order valence-electron chi connectivity index (χ2n) is 7.75. The minimum absolute atomic E-state index is 0. The highest BCUT2D eigenvalue weighted by Crippen LogP contribution is 2.33. The summed E-state index contributed by atoms with van der Waals surface area (Å²) in [4.78, 5) is 9.12. The molecule has 1 aliphatic carbocycles. The molecule has 0 amide bonds. The Kier molecular flexibility index (Phi) is 7.73. The second kappa shape index (κ2) is 9.37. The van der Waals surface area contributed by atoms with Gasteiger partial charge in [0.2, 0.25) is 0 Å². The molecule has 1 fully saturated rings. The van der Waals surface area contributed by atoms with E-state index >= 15 is 0 Å². The van der Waals surface area contributed by atoms with Gasteiger partial charge in [-0.2, -0.15) is 0 Å². The Morgan fingerprint density at radius 2 is 1.88 bits per heavy atom. The summed E-state index contributed by atoms with van der Waals surface area (Å²) >= 11 is 0. The predicted octanol–water partition coefficient (Wildman–Crippen LogP) is 2.25. The number of hydrogen-bond acceptors (Lipinski definition) is 3. The monoisotopic (exact) mass is 472 g/mol. The summed E-state index contributed by atoms with van der Waals surface area (Å²) in [6, 6.07) is 8.83. The van der Waals surface area contributed by atoms with Crippen molar-refractivity contribution in [2.45, 2.75) is 24.8 Å². The van der Waals surface area contributed by atoms with E-state index in [4.69, 9.17) is 4.74 Å². The number of benzene rings is 1. The number of nitrogens with zero attached hydrogens (tertiary/aromatic N) is 3. The predicted molar refractivity (Wildman–Crippen MR) is 119 cm³/mol. The van der Waals surface area contributed by atoms with Gasteiger partial charge in [-0.05, 0) is 44.5 Å². The zero-order valence-corrected chi connectivity index (χ0v) is 18.8. The standard InChI is InChI=1S/C20H32N4O.HI/c1-21-19(24(4)13-16-9-10-25-14-16)22-15-20(23(2)3)11-17-7-5-6-8-18(17)12-20;/h5-8,16H,9-15H2,1-4H3,(H,21,22);1H. The molecule has 1 atom stereocenters. The van der Waals surface area contributed by atoms with Gasteiger partial charge in [0, 0.05) is 45.2 Å². The summed E-state index contributed by atoms with van der Waals surface area (Å²) in [5.41, 5.74) is 3.06. The Morgan fingerprint density at radius 1 is 1.23 bits per heavy atom. The first-order valence-electron chi connectivity index (χ1n) is 9.28. The van der Waals surface area contributed by atoms with Gasteiger partial charge in [0.15, 0.2) is 5.96 Å². The van der Waals surface area contributed by atoms with Crippen molar-refractivity contribution in [2.24, 2.45) is 10.9 Å². The largest absolute Gasteiger partial charge is 0.381 e. The quantitative estimate of drug-likeness (QED) is 0.406. The minimum Gasteiger partial charge on any atom is -0.381 e. The zero-order chi connectivity index (χ0) is 17.9. The number of likely N-dealkylation sites (N-methyl/N-ethyl adjacent to an activating group) is 1. The van der Waals surface area contributed by atoms with Gasteiger partial charge < -0.3 is 19.9 Å². The third kappa shape index (κ3) is 4.70. The van der Waals surface area contributed by atoms with Crippen molar-refractivity contribution in [1.82, 2.24) is 15.1 Å². The van der Waals surface area contributed by atoms with Crippen LogP contribution in [0.2, 0.25) is 0 Å². The molecule has 1 aliphatic heterocycles. The van der Waals surface area contributed by atoms with Gasteiger partial charge in [0.25, 0.3) is 0 Å². The van der Waals surface area contributed by atoms with Gasteiger partial charge in [-0.1, -0.05) is 24.3 Å². The lowest BCUT2D eigenvalue weighted by atomic mass is 9.94. The molecule has 1 saturated heterocycles. The molecule has 0 aromatic heterocycles. The number of nitrogens with one attached hydrogen (secondary N) is 1. The molecule has 6 heteroatoms. The second-order valence-corrected chi connectivity index (χ2v) is 7.75. The third-order valence-electron chi connectivity index (χ3n) is 5.81. The van der Waals surface area contributed by atoms with Gasteiger partial charge in [-0.15, -0.1) is 24.0 Å². The number of ether oxygens (including phenoxy) is 1. The summed E-state index contributed by atoms with van der Waals surface area (Å²) in [5, 5.41) is 3.64. The molecule has 2 aliphatic rings. The van der Waals surface area contributed by atoms with Gasteiger partial charge in [0.1, 0.15) is 0 Å². The first-order chi connectivity index (χ1) is 12.0. The molecule has 0 saturated carbocycles. The summed E-state index contributed by atoms with van der Waals surface area (Å²) in [7, 11) is 8.38. The molecule has 146 valence electrons. The van der Waals surface area contributed by atoms with E-state index in [9.17, 15) is 0 Å². The van der Waals surface area contributed by atoms with Crippen molar-refractivity contribution < 1.29 is 4.74 Å². The van der Waals surface area contributed by atoms with E-state index in [1.807, 2.05) is 7.05 Å². The van der Waals surface area contributed by atoms with E-state index in [-0.39, 0.29) is 29.5 Å². The van der Waals surface area contributed by atoms with Gasteiger partial charge >= 0.3 is 0 Å². The van der Waals surface area contributed by atoms with Crippen LogP contribution in [0.4, 0.5) is 0 Å². The summed E-state index contributed by atoms with van der Waals surface area (Å²) in [5.74, 6) is 1.59. The summed E-state index contributed by atoms with van der Waals surface area (Å²) in [6.45, 7) is 3.66. The normalized spacial score (nSPS) is 21.4. The van der Waals surface area contributed by atoms with Crippen molar-refractivity contribution in [3.63, 3.8) is 0 Å². The zero-order valence-electron chi connectivity index (χ0n) is 16.5. The van der Waals surface area contributed by atoms with Crippen molar-refractivity contribution in [1.29, 1.82) is 0 Å². The maximum absolute atomic E-state index is 5.50. The van der Waals surface area contributed by atoms with E-state index in [2.05, 4.69) is 65.5 Å². The van der Waals surface area contributed by atoms with Crippen LogP contribution in [0.5, 0.6) is 0 Å². The SMILES string of the molecule is CN=C(NCC1(N(C)C)Cc2ccccc2C1)N(C)CC1CCOC1.I. The molecule has 0 spiro atoms. The van der Waals surface area contributed by atoms with Crippen LogP contribution in [0.1, 0.15) is 17.5 Å². The van der Waals surface area contributed by atoms with Gasteiger partial charge in [-0.3, -0.25) is 4.99 Å². The number of hydrogen-bond donors (Lipinski definition) is 1. The number of guanidine groups is 1. The van der Waals surface area contributed by atoms with E-state index in [0.29, 0.717) is 5.92 Å². The fourth-order valence-electron chi connectivity index (χ4n) is 4.10. The Bertz CT molecular complexity index is 589. The number of halogens is 1. The molecule has 1 aromatic rings. The van der Waals surface area contributed by atoms with Crippen LogP contribution in [-0.2, 0) is 17.6 Å². The lowest BCUT2D eigenvalue weighted by molar-refractivity contribution is 0.162. The Morgan fingerprint density at radius 3 is 2.38 bits per heavy atom. The lowest BCUT2D eigenvalue weighted by Gasteiger charge is -2.38. The maximum atomic E-state index is 5.50. The van der Waals surface area contributed by atoms with E-state index < -0.39 is 0 Å². The molecule has 1 heterocycles. The van der Waals surface area contributed by atoms with Crippen LogP contribution < -0.4 is 5.32 Å². The first kappa shape index (κ1) is 21.4. The minimum atomic E-state index is 0. The van der Waals surface area contributed by atoms with Crippen molar-refractivity contribution in [2.75, 3.05) is 54.5 Å². The van der Waals surface area contributed by atoms with Gasteiger partial charge in [-0.25, -0.2) is 0 Å². The van der Waals surface area contributed by atoms with E-state index in [0.717, 1.165) is 51.5 Å². The van der Waals surface area contributed by atoms with Crippen molar-refractivity contribution in [3.05, 3.63) is 35.4 Å². The number of fused-ring (bicyclic) bond motifs is 1. The average Bonchev–Trinajstić information content (AvgIpc) is 3.22. The van der Waals surface area contributed by atoms with E-state index in [1.165, 1.54) is 11.1 Å². The fourth-order valence-corrected chi connectivity index (χ4v) is 4.10. The first-order valence-corrected chi connectivity index (χ1v) is 9.28. The Hall–Kier alpha value is -0.860. The smallest absolute Gasteiger partial charge is 0.193 e. The molecule has 26 heavy (non-hydrogen) atoms. The maximum Gasteiger partial charge on any atom is 0.193 e. The highest BCUT2D eigenvalue weighted by molar-refractivity contribution is 14.0. The Labute approximate surface area is 175 Å². The molecule has 0 bridgehead atoms. The fraction of sp³-hybridized carbons (Fsp3) is 0.650. The highest BCUT2D eigenvalue weighted by atomic mass is 127. The van der Waals surface area contributed by atoms with Crippen molar-refractivity contribution >= 4 is 29.9 Å². The van der Waals surface area contributed by atoms with Crippen LogP contribution in [0.15, 0.2) is 29.3 Å². The average molecular weight is 472 g/mol. The molecule has 3 rings (SSSR count). The highest BCUT2D eigenvalue weighted by Gasteiger charge is 2.39. The van der Waals surface area contributed by atoms with Crippen molar-refractivity contribution in [3.8, 4) is 0 Å². The van der Waals surface area contributed by atoms with Crippen LogP contribution >= 0.6 is 24.0 Å². The van der Waals surface area contributed by atoms with Gasteiger partial charge in [0.05, 0.1) is 6.61 Å². The Balaban J connectivity index is 0.00000243. The summed E-state index contributed by atoms with van der Waals surface area (Å²) < 4.78 is 5.50. The molecule has 1 unspecified atom stereocenters. The van der Waals surface area contributed by atoms with Crippen LogP contribution in [0.25, 0.3) is 0 Å². The molecule has 1 N–H and O–H groups in total. The molecule has 1 aromatic carbocycles. The molecular weight excluding hydrogens is 439 g/mol. The van der Waals surface area contributed by atoms with Crippen LogP contribution in [-0.4, -0.2) is 75.8 Å². The van der Waals surface area contributed by atoms with Crippen LogP contribution in [0, 0.1) is 5.92 Å². The molecular formula is C20H33IN4O. The van der Waals surface area contributed by atoms with E-state index in [1.54, 1.807) is 0 Å². The molecule has 5 nitrogen and oxygen atoms in total. The third-order valence-corrected chi connectivity index (χ3v) is 5.81. The van der Waals surface area contributed by atoms with Crippen LogP contribution in [0.3, 0.4) is 0 Å². The number of aliphatic imine (C=N–C) groups is 1.